The van der Waals surface area contributed by atoms with Crippen LogP contribution in [0.5, 0.6) is 0 Å². The van der Waals surface area contributed by atoms with Crippen LogP contribution < -0.4 is 16.0 Å². The summed E-state index contributed by atoms with van der Waals surface area (Å²) in [6.07, 6.45) is 0.787. The van der Waals surface area contributed by atoms with Gasteiger partial charge in [-0.3, -0.25) is 4.79 Å². The first-order valence-electron chi connectivity index (χ1n) is 8.50. The molecule has 0 spiro atoms. The van der Waals surface area contributed by atoms with Crippen LogP contribution in [0, 0.1) is 6.92 Å². The van der Waals surface area contributed by atoms with Crippen molar-refractivity contribution in [1.82, 2.24) is 16.0 Å². The van der Waals surface area contributed by atoms with Crippen molar-refractivity contribution in [3.63, 3.8) is 0 Å². The van der Waals surface area contributed by atoms with Crippen molar-refractivity contribution in [3.8, 4) is 0 Å². The summed E-state index contributed by atoms with van der Waals surface area (Å²) >= 11 is 0. The second kappa shape index (κ2) is 9.47. The van der Waals surface area contributed by atoms with E-state index in [1.54, 1.807) is 0 Å². The first kappa shape index (κ1) is 18.5. The number of carbonyl (C=O) groups is 2. The molecule has 2 aromatic carbocycles. The van der Waals surface area contributed by atoms with Gasteiger partial charge in [0.2, 0.25) is 5.91 Å². The summed E-state index contributed by atoms with van der Waals surface area (Å²) in [5.74, 6) is -0.206. The Hall–Kier alpha value is -2.82. The number of aryl methyl sites for hydroxylation is 1. The van der Waals surface area contributed by atoms with E-state index >= 15 is 0 Å². The molecule has 0 aliphatic rings. The number of rotatable bonds is 7. The fourth-order valence-electron chi connectivity index (χ4n) is 2.47. The van der Waals surface area contributed by atoms with Gasteiger partial charge in [-0.05, 0) is 24.5 Å². The number of amides is 3. The van der Waals surface area contributed by atoms with Crippen molar-refractivity contribution in [2.75, 3.05) is 6.54 Å². The molecular weight excluding hydrogens is 314 g/mol. The molecule has 25 heavy (non-hydrogen) atoms. The largest absolute Gasteiger partial charge is 0.348 e. The van der Waals surface area contributed by atoms with Gasteiger partial charge in [-0.2, -0.15) is 0 Å². The molecule has 0 heterocycles. The number of benzene rings is 2. The van der Waals surface area contributed by atoms with Crippen LogP contribution in [0.3, 0.4) is 0 Å². The zero-order valence-electron chi connectivity index (χ0n) is 14.7. The third kappa shape index (κ3) is 6.30. The fourth-order valence-corrected chi connectivity index (χ4v) is 2.47. The third-order valence-electron chi connectivity index (χ3n) is 3.93. The average Bonchev–Trinajstić information content (AvgIpc) is 2.64. The van der Waals surface area contributed by atoms with Crippen molar-refractivity contribution in [1.29, 1.82) is 0 Å². The maximum atomic E-state index is 12.1. The topological polar surface area (TPSA) is 70.2 Å². The molecule has 3 amide bonds. The number of hydrogen-bond acceptors (Lipinski definition) is 2. The Kier molecular flexibility index (Phi) is 7.01. The molecule has 0 saturated heterocycles. The molecule has 0 bridgehead atoms. The van der Waals surface area contributed by atoms with E-state index in [1.807, 2.05) is 68.4 Å². The van der Waals surface area contributed by atoms with Gasteiger partial charge in [0, 0.05) is 6.54 Å². The summed E-state index contributed by atoms with van der Waals surface area (Å²) in [4.78, 5) is 23.9. The Balaban J connectivity index is 1.75. The predicted molar refractivity (Wildman–Crippen MR) is 99.0 cm³/mol. The minimum Gasteiger partial charge on any atom is -0.348 e. The average molecular weight is 339 g/mol. The normalized spacial score (nSPS) is 11.4. The molecule has 0 aliphatic heterocycles. The highest BCUT2D eigenvalue weighted by molar-refractivity contribution is 5.84. The van der Waals surface area contributed by atoms with Crippen LogP contribution in [0.1, 0.15) is 36.1 Å². The molecule has 1 unspecified atom stereocenters. The standard InChI is InChI=1S/C20H25N3O2/c1-3-18(17-11-9-15(2)10-12-17)23-19(24)14-22-20(25)21-13-16-7-5-4-6-8-16/h4-12,18H,3,13-14H2,1-2H3,(H,23,24)(H2,21,22,25). The lowest BCUT2D eigenvalue weighted by Crippen LogP contribution is -2.42. The SMILES string of the molecule is CCC(NC(=O)CNC(=O)NCc1ccccc1)c1ccc(C)cc1. The molecule has 2 rings (SSSR count). The van der Waals surface area contributed by atoms with Gasteiger partial charge in [0.15, 0.2) is 0 Å². The smallest absolute Gasteiger partial charge is 0.315 e. The van der Waals surface area contributed by atoms with Crippen LogP contribution in [0.2, 0.25) is 0 Å². The van der Waals surface area contributed by atoms with E-state index in [9.17, 15) is 9.59 Å². The van der Waals surface area contributed by atoms with Crippen LogP contribution in [0.25, 0.3) is 0 Å². The summed E-state index contributed by atoms with van der Waals surface area (Å²) < 4.78 is 0. The molecule has 132 valence electrons. The number of carbonyl (C=O) groups excluding carboxylic acids is 2. The van der Waals surface area contributed by atoms with Crippen LogP contribution >= 0.6 is 0 Å². The maximum Gasteiger partial charge on any atom is 0.315 e. The van der Waals surface area contributed by atoms with Gasteiger partial charge in [-0.1, -0.05) is 67.1 Å². The monoisotopic (exact) mass is 339 g/mol. The van der Waals surface area contributed by atoms with E-state index in [4.69, 9.17) is 0 Å². The molecule has 5 heteroatoms. The highest BCUT2D eigenvalue weighted by atomic mass is 16.2. The van der Waals surface area contributed by atoms with Crippen molar-refractivity contribution in [3.05, 3.63) is 71.3 Å². The zero-order chi connectivity index (χ0) is 18.1. The molecule has 0 saturated carbocycles. The van der Waals surface area contributed by atoms with Crippen molar-refractivity contribution in [2.45, 2.75) is 32.9 Å². The van der Waals surface area contributed by atoms with Crippen molar-refractivity contribution in [2.24, 2.45) is 0 Å². The van der Waals surface area contributed by atoms with Crippen LogP contribution in [0.4, 0.5) is 4.79 Å². The number of urea groups is 1. The van der Waals surface area contributed by atoms with Gasteiger partial charge in [0.05, 0.1) is 12.6 Å². The molecule has 5 nitrogen and oxygen atoms in total. The molecule has 1 atom stereocenters. The van der Waals surface area contributed by atoms with E-state index in [0.717, 1.165) is 17.5 Å². The summed E-state index contributed by atoms with van der Waals surface area (Å²) in [5.41, 5.74) is 3.25. The van der Waals surface area contributed by atoms with E-state index in [2.05, 4.69) is 16.0 Å². The predicted octanol–water partition coefficient (Wildman–Crippen LogP) is 3.06. The second-order valence-electron chi connectivity index (χ2n) is 5.96. The minimum atomic E-state index is -0.359. The minimum absolute atomic E-state index is 0.0526. The van der Waals surface area contributed by atoms with Gasteiger partial charge in [0.1, 0.15) is 0 Å². The van der Waals surface area contributed by atoms with Gasteiger partial charge in [0.25, 0.3) is 0 Å². The van der Waals surface area contributed by atoms with E-state index in [1.165, 1.54) is 5.56 Å². The lowest BCUT2D eigenvalue weighted by atomic mass is 10.0. The van der Waals surface area contributed by atoms with Crippen molar-refractivity contribution >= 4 is 11.9 Å². The summed E-state index contributed by atoms with van der Waals surface area (Å²) in [6.45, 7) is 4.42. The first-order chi connectivity index (χ1) is 12.1. The summed E-state index contributed by atoms with van der Waals surface area (Å²) in [7, 11) is 0. The zero-order valence-corrected chi connectivity index (χ0v) is 14.7. The van der Waals surface area contributed by atoms with Crippen LogP contribution in [0.15, 0.2) is 54.6 Å². The second-order valence-corrected chi connectivity index (χ2v) is 5.96. The first-order valence-corrected chi connectivity index (χ1v) is 8.50. The molecule has 0 fully saturated rings. The Morgan fingerprint density at radius 1 is 0.960 bits per heavy atom. The Morgan fingerprint density at radius 3 is 2.28 bits per heavy atom. The van der Waals surface area contributed by atoms with Gasteiger partial charge < -0.3 is 16.0 Å². The maximum absolute atomic E-state index is 12.1. The lowest BCUT2D eigenvalue weighted by Gasteiger charge is -2.18. The van der Waals surface area contributed by atoms with Crippen LogP contribution in [-0.4, -0.2) is 18.5 Å². The van der Waals surface area contributed by atoms with Crippen molar-refractivity contribution < 1.29 is 9.59 Å². The molecule has 0 aliphatic carbocycles. The lowest BCUT2D eigenvalue weighted by molar-refractivity contribution is -0.120. The van der Waals surface area contributed by atoms with Crippen LogP contribution in [-0.2, 0) is 11.3 Å². The number of nitrogens with one attached hydrogen (secondary N) is 3. The Morgan fingerprint density at radius 2 is 1.64 bits per heavy atom. The van der Waals surface area contributed by atoms with Gasteiger partial charge in [-0.15, -0.1) is 0 Å². The number of hydrogen-bond donors (Lipinski definition) is 3. The molecule has 2 aromatic rings. The third-order valence-corrected chi connectivity index (χ3v) is 3.93. The summed E-state index contributed by atoms with van der Waals surface area (Å²) in [5, 5.41) is 8.26. The summed E-state index contributed by atoms with van der Waals surface area (Å²) in [6, 6.07) is 17.3. The highest BCUT2D eigenvalue weighted by Crippen LogP contribution is 2.16. The van der Waals surface area contributed by atoms with Gasteiger partial charge in [-0.25, -0.2) is 4.79 Å². The van der Waals surface area contributed by atoms with Gasteiger partial charge >= 0.3 is 6.03 Å². The molecule has 3 N–H and O–H groups in total. The molecule has 0 radical (unpaired) electrons. The van der Waals surface area contributed by atoms with E-state index < -0.39 is 0 Å². The Labute approximate surface area is 148 Å². The van der Waals surface area contributed by atoms with E-state index in [-0.39, 0.29) is 24.5 Å². The molecular formula is C20H25N3O2. The fraction of sp³-hybridized carbons (Fsp3) is 0.300. The Bertz CT molecular complexity index is 684. The quantitative estimate of drug-likeness (QED) is 0.725. The molecule has 0 aromatic heterocycles. The van der Waals surface area contributed by atoms with E-state index in [0.29, 0.717) is 6.54 Å². The highest BCUT2D eigenvalue weighted by Gasteiger charge is 2.13.